The lowest BCUT2D eigenvalue weighted by Crippen LogP contribution is -2.30. The molecule has 1 N–H and O–H groups in total. The molecule has 110 valence electrons. The Kier molecular flexibility index (Phi) is 4.94. The van der Waals surface area contributed by atoms with Crippen LogP contribution in [-0.4, -0.2) is 33.8 Å². The van der Waals surface area contributed by atoms with Crippen molar-refractivity contribution in [1.82, 2.24) is 0 Å². The predicted molar refractivity (Wildman–Crippen MR) is 81.4 cm³/mol. The summed E-state index contributed by atoms with van der Waals surface area (Å²) in [6.07, 6.45) is 0.745. The summed E-state index contributed by atoms with van der Waals surface area (Å²) in [5, 5.41) is 2.79. The van der Waals surface area contributed by atoms with Crippen LogP contribution in [0.15, 0.2) is 18.2 Å². The van der Waals surface area contributed by atoms with Gasteiger partial charge in [0.25, 0.3) is 0 Å². The topological polar surface area (TPSA) is 55.4 Å². The molecule has 0 aromatic heterocycles. The van der Waals surface area contributed by atoms with Crippen LogP contribution in [0.4, 0.5) is 5.69 Å². The maximum Gasteiger partial charge on any atom is 0.237 e. The molecule has 0 saturated carbocycles. The number of nitrogens with one attached hydrogen (secondary N) is 1. The lowest BCUT2D eigenvalue weighted by Gasteiger charge is -2.13. The third kappa shape index (κ3) is 3.90. The van der Waals surface area contributed by atoms with Crippen molar-refractivity contribution < 1.29 is 13.7 Å². The van der Waals surface area contributed by atoms with E-state index in [-0.39, 0.29) is 23.0 Å². The van der Waals surface area contributed by atoms with Crippen LogP contribution >= 0.6 is 0 Å². The summed E-state index contributed by atoms with van der Waals surface area (Å²) in [6.45, 7) is 6.52. The van der Waals surface area contributed by atoms with Crippen LogP contribution in [0.5, 0.6) is 0 Å². The van der Waals surface area contributed by atoms with E-state index in [2.05, 4.69) is 5.32 Å². The number of aryl methyl sites for hydroxylation is 2. The average Bonchev–Trinajstić information content (AvgIpc) is 2.73. The van der Waals surface area contributed by atoms with Gasteiger partial charge in [-0.3, -0.25) is 9.00 Å². The molecule has 20 heavy (non-hydrogen) atoms. The van der Waals surface area contributed by atoms with Crippen LogP contribution in [0.25, 0.3) is 0 Å². The quantitative estimate of drug-likeness (QED) is 0.926. The van der Waals surface area contributed by atoms with E-state index < -0.39 is 10.8 Å². The molecule has 1 aromatic carbocycles. The van der Waals surface area contributed by atoms with Gasteiger partial charge in [0, 0.05) is 23.1 Å². The molecule has 1 aliphatic heterocycles. The highest BCUT2D eigenvalue weighted by Crippen LogP contribution is 2.19. The Morgan fingerprint density at radius 3 is 2.55 bits per heavy atom. The van der Waals surface area contributed by atoms with Gasteiger partial charge in [-0.05, 0) is 50.5 Å². The van der Waals surface area contributed by atoms with E-state index in [4.69, 9.17) is 4.74 Å². The zero-order valence-electron chi connectivity index (χ0n) is 12.1. The zero-order valence-corrected chi connectivity index (χ0v) is 13.0. The summed E-state index contributed by atoms with van der Waals surface area (Å²) < 4.78 is 17.6. The Morgan fingerprint density at radius 2 is 2.00 bits per heavy atom. The second kappa shape index (κ2) is 6.50. The highest BCUT2D eigenvalue weighted by molar-refractivity contribution is 7.86. The van der Waals surface area contributed by atoms with Crippen LogP contribution in [-0.2, 0) is 20.3 Å². The minimum atomic E-state index is -1.18. The van der Waals surface area contributed by atoms with Gasteiger partial charge in [0.05, 0.1) is 11.4 Å². The smallest absolute Gasteiger partial charge is 0.237 e. The Balaban J connectivity index is 1.93. The molecule has 1 heterocycles. The summed E-state index contributed by atoms with van der Waals surface area (Å²) in [4.78, 5) is 12.0. The van der Waals surface area contributed by atoms with Crippen molar-refractivity contribution in [1.29, 1.82) is 0 Å². The molecule has 1 fully saturated rings. The van der Waals surface area contributed by atoms with Gasteiger partial charge in [0.1, 0.15) is 5.75 Å². The summed E-state index contributed by atoms with van der Waals surface area (Å²) in [7, 11) is -1.18. The lowest BCUT2D eigenvalue weighted by atomic mass is 10.1. The first-order valence-corrected chi connectivity index (χ1v) is 8.21. The van der Waals surface area contributed by atoms with Crippen molar-refractivity contribution >= 4 is 22.4 Å². The van der Waals surface area contributed by atoms with Gasteiger partial charge in [-0.25, -0.2) is 0 Å². The summed E-state index contributed by atoms with van der Waals surface area (Å²) in [5.74, 6) is -0.168. The standard InChI is InChI=1S/C15H21NO3S/c1-10-6-11(2)8-13(7-10)16-15(17)9-20(18)14-4-5-19-12(14)3/h6-8,12,14H,4-5,9H2,1-3H3,(H,16,17)/t12-,14-,20-/m0/s1. The van der Waals surface area contributed by atoms with Crippen LogP contribution in [0.3, 0.4) is 0 Å². The highest BCUT2D eigenvalue weighted by atomic mass is 32.2. The van der Waals surface area contributed by atoms with Crippen molar-refractivity contribution in [3.63, 3.8) is 0 Å². The van der Waals surface area contributed by atoms with Gasteiger partial charge < -0.3 is 10.1 Å². The number of rotatable bonds is 4. The number of anilines is 1. The average molecular weight is 295 g/mol. The highest BCUT2D eigenvalue weighted by Gasteiger charge is 2.30. The molecule has 0 radical (unpaired) electrons. The molecule has 1 aliphatic rings. The number of hydrogen-bond donors (Lipinski definition) is 1. The summed E-state index contributed by atoms with van der Waals surface area (Å²) in [6, 6.07) is 5.87. The molecule has 1 saturated heterocycles. The SMILES string of the molecule is Cc1cc(C)cc(NC(=O)C[S@](=O)[C@H]2CCO[C@H]2C)c1. The van der Waals surface area contributed by atoms with E-state index in [0.717, 1.165) is 23.2 Å². The van der Waals surface area contributed by atoms with E-state index in [1.165, 1.54) is 0 Å². The minimum absolute atomic E-state index is 0.0233. The normalized spacial score (nSPS) is 23.6. The van der Waals surface area contributed by atoms with Crippen molar-refractivity contribution in [2.75, 3.05) is 17.7 Å². The van der Waals surface area contributed by atoms with Gasteiger partial charge in [-0.2, -0.15) is 0 Å². The zero-order chi connectivity index (χ0) is 14.7. The molecule has 0 aliphatic carbocycles. The Bertz CT molecular complexity index is 510. The van der Waals surface area contributed by atoms with Gasteiger partial charge >= 0.3 is 0 Å². The van der Waals surface area contributed by atoms with E-state index in [9.17, 15) is 9.00 Å². The fourth-order valence-electron chi connectivity index (χ4n) is 2.54. The molecule has 0 unspecified atom stereocenters. The monoisotopic (exact) mass is 295 g/mol. The number of carbonyl (C=O) groups is 1. The number of amides is 1. The second-order valence-electron chi connectivity index (χ2n) is 5.35. The maximum atomic E-state index is 12.2. The third-order valence-corrected chi connectivity index (χ3v) is 5.26. The van der Waals surface area contributed by atoms with E-state index in [1.807, 2.05) is 39.0 Å². The summed E-state index contributed by atoms with van der Waals surface area (Å²) in [5.41, 5.74) is 2.96. The number of benzene rings is 1. The molecular weight excluding hydrogens is 274 g/mol. The number of carbonyl (C=O) groups excluding carboxylic acids is 1. The van der Waals surface area contributed by atoms with Crippen molar-refractivity contribution in [3.8, 4) is 0 Å². The molecule has 4 nitrogen and oxygen atoms in total. The molecule has 1 aromatic rings. The van der Waals surface area contributed by atoms with E-state index in [0.29, 0.717) is 6.61 Å². The van der Waals surface area contributed by atoms with Gasteiger partial charge in [-0.15, -0.1) is 0 Å². The molecule has 0 bridgehead atoms. The molecule has 5 heteroatoms. The van der Waals surface area contributed by atoms with Crippen LogP contribution in [0.1, 0.15) is 24.5 Å². The van der Waals surface area contributed by atoms with E-state index in [1.54, 1.807) is 0 Å². The number of ether oxygens (including phenoxy) is 1. The van der Waals surface area contributed by atoms with Gasteiger partial charge in [0.15, 0.2) is 0 Å². The van der Waals surface area contributed by atoms with Crippen LogP contribution < -0.4 is 5.32 Å². The minimum Gasteiger partial charge on any atom is -0.377 e. The van der Waals surface area contributed by atoms with Crippen molar-refractivity contribution in [2.45, 2.75) is 38.5 Å². The van der Waals surface area contributed by atoms with Gasteiger partial charge in [0.2, 0.25) is 5.91 Å². The van der Waals surface area contributed by atoms with E-state index >= 15 is 0 Å². The largest absolute Gasteiger partial charge is 0.377 e. The Labute approximate surface area is 122 Å². The molecular formula is C15H21NO3S. The molecule has 2 rings (SSSR count). The molecule has 3 atom stereocenters. The lowest BCUT2D eigenvalue weighted by molar-refractivity contribution is -0.113. The molecule has 0 spiro atoms. The first kappa shape index (κ1) is 15.2. The van der Waals surface area contributed by atoms with Crippen molar-refractivity contribution in [2.24, 2.45) is 0 Å². The van der Waals surface area contributed by atoms with Crippen LogP contribution in [0, 0.1) is 13.8 Å². The predicted octanol–water partition coefficient (Wildman–Crippen LogP) is 2.17. The first-order valence-electron chi connectivity index (χ1n) is 6.82. The fourth-order valence-corrected chi connectivity index (χ4v) is 3.95. The Morgan fingerprint density at radius 1 is 1.35 bits per heavy atom. The first-order chi connectivity index (χ1) is 9.45. The third-order valence-electron chi connectivity index (χ3n) is 3.42. The van der Waals surface area contributed by atoms with Crippen LogP contribution in [0.2, 0.25) is 0 Å². The van der Waals surface area contributed by atoms with Crippen molar-refractivity contribution in [3.05, 3.63) is 29.3 Å². The fraction of sp³-hybridized carbons (Fsp3) is 0.533. The Hall–Kier alpha value is -1.20. The second-order valence-corrected chi connectivity index (χ2v) is 7.01. The van der Waals surface area contributed by atoms with Gasteiger partial charge in [-0.1, -0.05) is 6.07 Å². The number of hydrogen-bond acceptors (Lipinski definition) is 3. The maximum absolute atomic E-state index is 12.2. The molecule has 1 amide bonds. The summed E-state index contributed by atoms with van der Waals surface area (Å²) >= 11 is 0.